The average Bonchev–Trinajstić information content (AvgIpc) is 3.28. The first kappa shape index (κ1) is 25.2. The molecule has 2 fully saturated rings. The van der Waals surface area contributed by atoms with Gasteiger partial charge in [0.15, 0.2) is 0 Å². The predicted molar refractivity (Wildman–Crippen MR) is 136 cm³/mol. The summed E-state index contributed by atoms with van der Waals surface area (Å²) in [6.07, 6.45) is 7.86. The van der Waals surface area contributed by atoms with Crippen LogP contribution in [0.3, 0.4) is 0 Å². The number of anilines is 1. The zero-order chi connectivity index (χ0) is 25.3. The third kappa shape index (κ3) is 5.01. The van der Waals surface area contributed by atoms with Crippen LogP contribution < -0.4 is 10.6 Å². The number of amides is 2. The molecular formula is C26H34ClN5O4. The van der Waals surface area contributed by atoms with Gasteiger partial charge in [-0.1, -0.05) is 24.9 Å². The minimum absolute atomic E-state index is 0.0948. The first-order valence-electron chi connectivity index (χ1n) is 12.8. The van der Waals surface area contributed by atoms with Crippen LogP contribution in [0, 0.1) is 11.3 Å². The second-order valence-electron chi connectivity index (χ2n) is 10.4. The zero-order valence-corrected chi connectivity index (χ0v) is 21.6. The van der Waals surface area contributed by atoms with Crippen molar-refractivity contribution in [2.24, 2.45) is 11.3 Å². The highest BCUT2D eigenvalue weighted by Crippen LogP contribution is 2.43. The summed E-state index contributed by atoms with van der Waals surface area (Å²) in [5, 5.41) is 11.2. The molecule has 4 atom stereocenters. The van der Waals surface area contributed by atoms with Crippen molar-refractivity contribution in [2.45, 2.75) is 71.1 Å². The van der Waals surface area contributed by atoms with Crippen LogP contribution in [-0.2, 0) is 32.0 Å². The van der Waals surface area contributed by atoms with Crippen LogP contribution in [0.4, 0.5) is 5.82 Å². The van der Waals surface area contributed by atoms with E-state index in [4.69, 9.17) is 21.1 Å². The number of fused-ring (bicyclic) bond motifs is 1. The number of rotatable bonds is 5. The summed E-state index contributed by atoms with van der Waals surface area (Å²) in [5.41, 5.74) is 2.11. The molecule has 0 aromatic carbocycles. The third-order valence-electron chi connectivity index (χ3n) is 7.77. The summed E-state index contributed by atoms with van der Waals surface area (Å²) < 4.78 is 13.8. The largest absolute Gasteiger partial charge is 0.376 e. The number of nitrogens with one attached hydrogen (secondary N) is 2. The zero-order valence-electron chi connectivity index (χ0n) is 20.9. The molecule has 10 heteroatoms. The molecule has 1 saturated heterocycles. The molecule has 36 heavy (non-hydrogen) atoms. The van der Waals surface area contributed by atoms with Crippen LogP contribution in [0.25, 0.3) is 11.1 Å². The summed E-state index contributed by atoms with van der Waals surface area (Å²) in [7, 11) is 0. The monoisotopic (exact) mass is 515 g/mol. The Hall–Kier alpha value is -2.49. The van der Waals surface area contributed by atoms with Crippen LogP contribution in [-0.4, -0.2) is 58.5 Å². The molecule has 4 unspecified atom stereocenters. The minimum Gasteiger partial charge on any atom is -0.376 e. The van der Waals surface area contributed by atoms with Crippen LogP contribution in [0.5, 0.6) is 0 Å². The number of carbonyl (C=O) groups is 2. The van der Waals surface area contributed by atoms with E-state index in [1.165, 1.54) is 6.92 Å². The van der Waals surface area contributed by atoms with Gasteiger partial charge in [-0.3, -0.25) is 14.3 Å². The summed E-state index contributed by atoms with van der Waals surface area (Å²) in [6.45, 7) is 5.94. The second kappa shape index (κ2) is 10.5. The summed E-state index contributed by atoms with van der Waals surface area (Å²) in [6, 6.07) is 1.73. The van der Waals surface area contributed by atoms with Gasteiger partial charge in [-0.2, -0.15) is 5.10 Å². The van der Waals surface area contributed by atoms with Gasteiger partial charge in [-0.15, -0.1) is 0 Å². The van der Waals surface area contributed by atoms with Crippen LogP contribution in [0.2, 0.25) is 5.02 Å². The van der Waals surface area contributed by atoms with Gasteiger partial charge in [0.2, 0.25) is 11.8 Å². The molecule has 1 saturated carbocycles. The van der Waals surface area contributed by atoms with E-state index >= 15 is 0 Å². The van der Waals surface area contributed by atoms with Crippen molar-refractivity contribution in [1.29, 1.82) is 0 Å². The molecule has 1 aliphatic carbocycles. The van der Waals surface area contributed by atoms with Gasteiger partial charge in [-0.05, 0) is 44.1 Å². The topological polar surface area (TPSA) is 107 Å². The van der Waals surface area contributed by atoms with Crippen LogP contribution in [0.1, 0.15) is 51.6 Å². The molecule has 0 spiro atoms. The summed E-state index contributed by atoms with van der Waals surface area (Å²) in [5.74, 6) is 0.757. The number of nitrogens with zero attached hydrogens (tertiary/aromatic N) is 3. The lowest BCUT2D eigenvalue weighted by molar-refractivity contribution is -0.166. The number of halogens is 1. The van der Waals surface area contributed by atoms with E-state index in [-0.39, 0.29) is 24.0 Å². The lowest BCUT2D eigenvalue weighted by Crippen LogP contribution is -2.56. The van der Waals surface area contributed by atoms with E-state index in [9.17, 15) is 9.59 Å². The van der Waals surface area contributed by atoms with E-state index in [2.05, 4.69) is 32.3 Å². The molecule has 5 rings (SSSR count). The smallest absolute Gasteiger partial charge is 0.234 e. The van der Waals surface area contributed by atoms with Crippen molar-refractivity contribution in [3.05, 3.63) is 29.2 Å². The Kier molecular flexibility index (Phi) is 7.32. The molecule has 2 N–H and O–H groups in total. The fraction of sp³-hybridized carbons (Fsp3) is 0.615. The quantitative estimate of drug-likeness (QED) is 0.630. The van der Waals surface area contributed by atoms with Crippen molar-refractivity contribution >= 4 is 29.2 Å². The predicted octanol–water partition coefficient (Wildman–Crippen LogP) is 3.60. The SMILES string of the molecule is CC(=O)NC1CCCC(C(=O)Nc2cc(-c3cnn4c3CCC(C)C4)c(Cl)cn2)(C2COCCO2)C1. The van der Waals surface area contributed by atoms with E-state index in [1.54, 1.807) is 6.20 Å². The summed E-state index contributed by atoms with van der Waals surface area (Å²) >= 11 is 6.57. The molecule has 9 nitrogen and oxygen atoms in total. The first-order chi connectivity index (χ1) is 17.4. The normalized spacial score (nSPS) is 28.2. The summed E-state index contributed by atoms with van der Waals surface area (Å²) in [4.78, 5) is 30.1. The van der Waals surface area contributed by atoms with Crippen molar-refractivity contribution < 1.29 is 19.1 Å². The third-order valence-corrected chi connectivity index (χ3v) is 8.07. The Bertz CT molecular complexity index is 1130. The Morgan fingerprint density at radius 3 is 2.86 bits per heavy atom. The van der Waals surface area contributed by atoms with Gasteiger partial charge in [0, 0.05) is 42.5 Å². The first-order valence-corrected chi connectivity index (χ1v) is 13.2. The van der Waals surface area contributed by atoms with Gasteiger partial charge in [0.25, 0.3) is 0 Å². The standard InChI is InChI=1S/C26H34ClN5O4/c1-16-5-6-22-20(12-29-32(22)14-16)19-10-24(28-13-21(19)27)31-25(34)26(23-15-35-8-9-36-23)7-3-4-18(11-26)30-17(2)33/h10,12-13,16,18,23H,3-9,11,14-15H2,1-2H3,(H,30,33)(H,28,31,34). The van der Waals surface area contributed by atoms with Crippen molar-refractivity contribution in [3.63, 3.8) is 0 Å². The van der Waals surface area contributed by atoms with E-state index in [1.807, 2.05) is 12.3 Å². The molecule has 4 heterocycles. The number of aromatic nitrogens is 3. The Morgan fingerprint density at radius 2 is 2.08 bits per heavy atom. The van der Waals surface area contributed by atoms with Crippen LogP contribution in [0.15, 0.2) is 18.5 Å². The molecule has 0 radical (unpaired) electrons. The van der Waals surface area contributed by atoms with E-state index in [0.29, 0.717) is 49.4 Å². The number of hydrogen-bond donors (Lipinski definition) is 2. The van der Waals surface area contributed by atoms with E-state index < -0.39 is 5.41 Å². The van der Waals surface area contributed by atoms with E-state index in [0.717, 1.165) is 49.0 Å². The molecule has 2 amide bonds. The van der Waals surface area contributed by atoms with Gasteiger partial charge in [-0.25, -0.2) is 4.98 Å². The Morgan fingerprint density at radius 1 is 1.22 bits per heavy atom. The number of hydrogen-bond acceptors (Lipinski definition) is 6. The van der Waals surface area contributed by atoms with Gasteiger partial charge in [0.05, 0.1) is 42.6 Å². The van der Waals surface area contributed by atoms with Crippen molar-refractivity contribution in [3.8, 4) is 11.1 Å². The Balaban J connectivity index is 1.42. The molecule has 3 aliphatic rings. The molecular weight excluding hydrogens is 482 g/mol. The molecule has 2 aromatic heterocycles. The number of pyridine rings is 1. The van der Waals surface area contributed by atoms with Crippen molar-refractivity contribution in [1.82, 2.24) is 20.1 Å². The Labute approximate surface area is 216 Å². The molecule has 194 valence electrons. The molecule has 0 bridgehead atoms. The van der Waals surface area contributed by atoms with Crippen molar-refractivity contribution in [2.75, 3.05) is 25.1 Å². The highest BCUT2D eigenvalue weighted by atomic mass is 35.5. The lowest BCUT2D eigenvalue weighted by Gasteiger charge is -2.45. The minimum atomic E-state index is -0.833. The lowest BCUT2D eigenvalue weighted by atomic mass is 9.67. The highest BCUT2D eigenvalue weighted by molar-refractivity contribution is 6.33. The van der Waals surface area contributed by atoms with Gasteiger partial charge in [0.1, 0.15) is 5.82 Å². The maximum absolute atomic E-state index is 13.9. The highest BCUT2D eigenvalue weighted by Gasteiger charge is 2.50. The van der Waals surface area contributed by atoms with Gasteiger partial charge < -0.3 is 20.1 Å². The van der Waals surface area contributed by atoms with Gasteiger partial charge >= 0.3 is 0 Å². The fourth-order valence-corrected chi connectivity index (χ4v) is 6.16. The molecule has 2 aliphatic heterocycles. The van der Waals surface area contributed by atoms with Crippen LogP contribution >= 0.6 is 11.6 Å². The maximum Gasteiger partial charge on any atom is 0.234 e. The number of ether oxygens (including phenoxy) is 2. The fourth-order valence-electron chi connectivity index (χ4n) is 5.95. The maximum atomic E-state index is 13.9. The second-order valence-corrected chi connectivity index (χ2v) is 10.8. The average molecular weight is 516 g/mol. The molecule has 2 aromatic rings. The number of carbonyl (C=O) groups excluding carboxylic acids is 2.